The van der Waals surface area contributed by atoms with Crippen molar-refractivity contribution in [2.24, 2.45) is 0 Å². The van der Waals surface area contributed by atoms with E-state index in [-0.39, 0.29) is 47.4 Å². The van der Waals surface area contributed by atoms with Gasteiger partial charge in [0.2, 0.25) is 0 Å². The van der Waals surface area contributed by atoms with E-state index in [0.717, 1.165) is 60.1 Å². The molecule has 336 valence electrons. The molecule has 4 aromatic rings. The maximum atomic E-state index is 13.3. The zero-order chi connectivity index (χ0) is 45.4. The van der Waals surface area contributed by atoms with Crippen LogP contribution in [0.4, 0.5) is 17.6 Å². The van der Waals surface area contributed by atoms with Crippen molar-refractivity contribution in [3.63, 3.8) is 0 Å². The van der Waals surface area contributed by atoms with Crippen LogP contribution in [-0.4, -0.2) is 51.3 Å². The number of rotatable bonds is 10. The summed E-state index contributed by atoms with van der Waals surface area (Å²) in [5.41, 5.74) is 6.42. The fourth-order valence-corrected chi connectivity index (χ4v) is 8.82. The van der Waals surface area contributed by atoms with Gasteiger partial charge in [0.1, 0.15) is 16.7 Å². The van der Waals surface area contributed by atoms with Crippen molar-refractivity contribution in [3.8, 4) is 23.0 Å². The highest BCUT2D eigenvalue weighted by Crippen LogP contribution is 2.54. The molecule has 0 amide bonds. The molecule has 0 radical (unpaired) electrons. The molecule has 10 rings (SSSR count). The molecule has 64 heavy (non-hydrogen) atoms. The molecule has 4 aliphatic carbocycles. The highest BCUT2D eigenvalue weighted by Gasteiger charge is 2.53. The Balaban J connectivity index is 0.000000148. The largest absolute Gasteiger partial charge is 0.586 e. The number of Topliss-reactive ketones (excluding diaryl/α,β-unsaturated/α-hetero) is 2. The number of halogens is 5. The minimum absolute atomic E-state index is 0.00222. The number of alkyl halides is 4. The molecule has 0 atom stereocenters. The molecule has 2 aromatic carbocycles. The highest BCUT2D eigenvalue weighted by atomic mass is 35.5. The average Bonchev–Trinajstić information content (AvgIpc) is 4.20. The summed E-state index contributed by atoms with van der Waals surface area (Å²) in [6.45, 7) is 3.89. The second-order valence-electron chi connectivity index (χ2n) is 17.3. The summed E-state index contributed by atoms with van der Waals surface area (Å²) in [5.74, 6) is -0.0326. The van der Waals surface area contributed by atoms with E-state index >= 15 is 0 Å². The van der Waals surface area contributed by atoms with E-state index in [9.17, 15) is 27.2 Å². The second-order valence-corrected chi connectivity index (χ2v) is 17.6. The zero-order valence-corrected chi connectivity index (χ0v) is 36.3. The Labute approximate surface area is 373 Å². The number of nitrogens with zero attached hydrogens (tertiary/aromatic N) is 2. The normalized spacial score (nSPS) is 19.7. The third-order valence-corrected chi connectivity index (χ3v) is 13.0. The van der Waals surface area contributed by atoms with Crippen molar-refractivity contribution in [3.05, 3.63) is 123 Å². The first-order valence-electron chi connectivity index (χ1n) is 21.7. The van der Waals surface area contributed by atoms with Gasteiger partial charge < -0.3 is 29.0 Å². The van der Waals surface area contributed by atoms with E-state index in [1.165, 1.54) is 49.1 Å². The molecule has 2 aromatic heterocycles. The Morgan fingerprint density at radius 3 is 1.56 bits per heavy atom. The van der Waals surface area contributed by atoms with E-state index in [2.05, 4.69) is 30.0 Å². The Hall–Kier alpha value is -5.25. The van der Waals surface area contributed by atoms with Crippen molar-refractivity contribution in [1.82, 2.24) is 9.97 Å². The first-order valence-corrected chi connectivity index (χ1v) is 22.0. The molecule has 2 saturated carbocycles. The molecule has 10 nitrogen and oxygen atoms in total. The molecule has 4 heterocycles. The summed E-state index contributed by atoms with van der Waals surface area (Å²) in [4.78, 5) is 35.1. The van der Waals surface area contributed by atoms with Gasteiger partial charge in [0.25, 0.3) is 0 Å². The lowest BCUT2D eigenvalue weighted by molar-refractivity contribution is -0.287. The van der Waals surface area contributed by atoms with Gasteiger partial charge in [-0.2, -0.15) is 0 Å². The van der Waals surface area contributed by atoms with Crippen LogP contribution in [-0.2, 0) is 33.3 Å². The highest BCUT2D eigenvalue weighted by molar-refractivity contribution is 6.50. The lowest BCUT2D eigenvalue weighted by Crippen LogP contribution is -2.26. The van der Waals surface area contributed by atoms with Gasteiger partial charge in [-0.25, -0.2) is 4.98 Å². The molecule has 16 heteroatoms. The van der Waals surface area contributed by atoms with Crippen LogP contribution >= 0.6 is 11.6 Å². The third kappa shape index (κ3) is 10.0. The number of pyridine rings is 2. The van der Waals surface area contributed by atoms with Gasteiger partial charge in [-0.15, -0.1) is 17.6 Å². The number of aromatic nitrogens is 2. The second kappa shape index (κ2) is 18.0. The summed E-state index contributed by atoms with van der Waals surface area (Å²) in [6, 6.07) is 16.7. The van der Waals surface area contributed by atoms with E-state index in [0.29, 0.717) is 47.7 Å². The zero-order valence-electron chi connectivity index (χ0n) is 35.5. The summed E-state index contributed by atoms with van der Waals surface area (Å²) < 4.78 is 70.9. The van der Waals surface area contributed by atoms with Gasteiger partial charge in [-0.1, -0.05) is 48.0 Å². The number of ketones is 2. The van der Waals surface area contributed by atoms with Crippen LogP contribution in [0.25, 0.3) is 5.57 Å². The van der Waals surface area contributed by atoms with E-state index in [4.69, 9.17) is 26.6 Å². The van der Waals surface area contributed by atoms with Gasteiger partial charge in [-0.05, 0) is 161 Å². The van der Waals surface area contributed by atoms with Gasteiger partial charge in [0, 0.05) is 24.2 Å². The van der Waals surface area contributed by atoms with E-state index < -0.39 is 30.5 Å². The number of hydrogen-bond acceptors (Lipinski definition) is 10. The summed E-state index contributed by atoms with van der Waals surface area (Å²) in [7, 11) is -1.20. The van der Waals surface area contributed by atoms with E-state index in [1.54, 1.807) is 18.2 Å². The Morgan fingerprint density at radius 2 is 1.12 bits per heavy atom. The third-order valence-electron chi connectivity index (χ3n) is 12.7. The lowest BCUT2D eigenvalue weighted by atomic mass is 9.74. The van der Waals surface area contributed by atoms with Gasteiger partial charge in [0.05, 0.1) is 16.5 Å². The first-order chi connectivity index (χ1) is 30.5. The SMILES string of the molecule is Cc1ccc(CC(=O)C2(c3ccc4c(c3)OC(F)(F)O4)CC2)nc1C1=CCCCC1.Cc1ccc(CC(=O)C2(c3ccc4c(c3)OC(F)(F)O4)CC2)nc1Cl.OB(O)C1=CCCCC1. The fourth-order valence-electron chi connectivity index (χ4n) is 8.65. The monoisotopic (exact) mass is 902 g/mol. The van der Waals surface area contributed by atoms with Crippen molar-refractivity contribution < 1.29 is 56.1 Å². The van der Waals surface area contributed by atoms with Crippen LogP contribution < -0.4 is 18.9 Å². The standard InChI is InChI=1S/C24H23F2NO3.C18H14ClF2NO3.C6H11BO2/c1-15-7-9-18(27-22(15)16-5-3-2-4-6-16)14-21(28)23(11-12-23)17-8-10-19-20(13-17)30-24(25,26)29-19;1-10-2-4-12(22-16(10)19)9-15(23)17(6-7-17)11-3-5-13-14(8-11)25-18(20,21)24-13;8-7(9)6-4-2-1-3-5-6/h5,7-10,13H,2-4,6,11-12,14H2,1H3;2-5,8H,6-7,9H2,1H3;4,8-9H,1-3,5H2. The topological polar surface area (TPSA) is 137 Å². The minimum atomic E-state index is -3.66. The summed E-state index contributed by atoms with van der Waals surface area (Å²) in [6.07, 6.45) is 8.61. The molecule has 0 bridgehead atoms. The number of carbonyl (C=O) groups is 2. The molecule has 2 aliphatic heterocycles. The quantitative estimate of drug-likeness (QED) is 0.0899. The minimum Gasteiger partial charge on any atom is -0.423 e. The van der Waals surface area contributed by atoms with Crippen LogP contribution in [0.3, 0.4) is 0 Å². The maximum Gasteiger partial charge on any atom is 0.586 e. The van der Waals surface area contributed by atoms with Crippen molar-refractivity contribution in [1.29, 1.82) is 0 Å². The smallest absolute Gasteiger partial charge is 0.423 e. The number of fused-ring (bicyclic) bond motifs is 2. The molecule has 0 saturated heterocycles. The number of ether oxygens (including phenoxy) is 4. The van der Waals surface area contributed by atoms with Crippen LogP contribution in [0.5, 0.6) is 23.0 Å². The molecule has 6 aliphatic rings. The molecule has 0 spiro atoms. The van der Waals surface area contributed by atoms with Gasteiger partial charge in [-0.3, -0.25) is 14.6 Å². The Morgan fingerprint density at radius 1 is 0.641 bits per heavy atom. The van der Waals surface area contributed by atoms with Crippen LogP contribution in [0.1, 0.15) is 116 Å². The predicted molar refractivity (Wildman–Crippen MR) is 231 cm³/mol. The fraction of sp³-hybridized carbons (Fsp3) is 0.417. The molecule has 2 fully saturated rings. The van der Waals surface area contributed by atoms with Crippen LogP contribution in [0.15, 0.2) is 78.3 Å². The van der Waals surface area contributed by atoms with Crippen molar-refractivity contribution >= 4 is 35.9 Å². The molecular weight excluding hydrogens is 855 g/mol. The predicted octanol–water partition coefficient (Wildman–Crippen LogP) is 10.2. The Bertz CT molecular complexity index is 2520. The number of benzene rings is 2. The van der Waals surface area contributed by atoms with Crippen LogP contribution in [0.2, 0.25) is 5.15 Å². The molecule has 0 unspecified atom stereocenters. The first kappa shape index (κ1) is 45.3. The van der Waals surface area contributed by atoms with Gasteiger partial charge >= 0.3 is 19.7 Å². The average molecular weight is 903 g/mol. The number of allylic oxidation sites excluding steroid dienone is 4. The van der Waals surface area contributed by atoms with E-state index in [1.807, 2.05) is 38.1 Å². The van der Waals surface area contributed by atoms with Gasteiger partial charge in [0.15, 0.2) is 23.0 Å². The lowest BCUT2D eigenvalue weighted by Gasteiger charge is -2.17. The summed E-state index contributed by atoms with van der Waals surface area (Å²) >= 11 is 6.01. The van der Waals surface area contributed by atoms with Crippen molar-refractivity contribution in [2.75, 3.05) is 0 Å². The summed E-state index contributed by atoms with van der Waals surface area (Å²) in [5, 5.41) is 17.7. The van der Waals surface area contributed by atoms with Crippen molar-refractivity contribution in [2.45, 2.75) is 127 Å². The Kier molecular flexibility index (Phi) is 12.7. The number of aryl methyl sites for hydroxylation is 2. The molecular formula is C48H48BClF4N2O8. The molecule has 2 N–H and O–H groups in total. The number of hydrogen-bond donors (Lipinski definition) is 2. The number of carbonyl (C=O) groups excluding carboxylic acids is 2. The van der Waals surface area contributed by atoms with Crippen LogP contribution in [0, 0.1) is 13.8 Å². The maximum absolute atomic E-state index is 13.3.